The van der Waals surface area contributed by atoms with Gasteiger partial charge < -0.3 is 15.0 Å². The largest absolute Gasteiger partial charge is 0.462 e. The van der Waals surface area contributed by atoms with Crippen LogP contribution in [0.2, 0.25) is 0 Å². The Labute approximate surface area is 231 Å². The van der Waals surface area contributed by atoms with Crippen LogP contribution in [-0.2, 0) is 22.5 Å². The Kier molecular flexibility index (Phi) is 10.7. The summed E-state index contributed by atoms with van der Waals surface area (Å²) in [4.78, 5) is 34.9. The van der Waals surface area contributed by atoms with Crippen molar-refractivity contribution in [2.24, 2.45) is 11.8 Å². The number of anilines is 1. The zero-order valence-corrected chi connectivity index (χ0v) is 23.3. The van der Waals surface area contributed by atoms with Gasteiger partial charge in [0.1, 0.15) is 6.10 Å². The number of carbonyl (C=O) groups is 2. The van der Waals surface area contributed by atoms with E-state index in [9.17, 15) is 9.59 Å². The monoisotopic (exact) mass is 537 g/mol. The van der Waals surface area contributed by atoms with Crippen LogP contribution in [0.15, 0.2) is 36.7 Å². The third-order valence-electron chi connectivity index (χ3n) is 7.85. The Balaban J connectivity index is 1.19. The molecule has 2 heterocycles. The number of esters is 1. The highest BCUT2D eigenvalue weighted by atomic mass is 16.5. The van der Waals surface area contributed by atoms with Crippen molar-refractivity contribution in [1.82, 2.24) is 20.8 Å². The molecule has 0 radical (unpaired) electrons. The number of hydroxylamine groups is 1. The summed E-state index contributed by atoms with van der Waals surface area (Å²) in [5.41, 5.74) is 4.33. The lowest BCUT2D eigenvalue weighted by atomic mass is 9.91. The number of aromatic nitrogens is 2. The summed E-state index contributed by atoms with van der Waals surface area (Å²) in [5, 5.41) is 12.4. The van der Waals surface area contributed by atoms with Crippen LogP contribution in [-0.4, -0.2) is 52.3 Å². The molecular weight excluding hydrogens is 494 g/mol. The maximum absolute atomic E-state index is 12.8. The predicted molar refractivity (Wildman–Crippen MR) is 149 cm³/mol. The van der Waals surface area contributed by atoms with E-state index < -0.39 is 5.91 Å². The van der Waals surface area contributed by atoms with Gasteiger partial charge in [0.2, 0.25) is 5.95 Å². The minimum atomic E-state index is -0.618. The lowest BCUT2D eigenvalue weighted by Crippen LogP contribution is -2.43. The molecule has 9 nitrogen and oxygen atoms in total. The molecule has 2 fully saturated rings. The van der Waals surface area contributed by atoms with Gasteiger partial charge in [-0.15, -0.1) is 0 Å². The Morgan fingerprint density at radius 2 is 1.67 bits per heavy atom. The van der Waals surface area contributed by atoms with Crippen molar-refractivity contribution in [2.75, 3.05) is 18.0 Å². The first-order valence-corrected chi connectivity index (χ1v) is 14.4. The molecule has 0 bridgehead atoms. The van der Waals surface area contributed by atoms with Crippen LogP contribution in [0.3, 0.4) is 0 Å². The van der Waals surface area contributed by atoms with E-state index in [1.165, 1.54) is 36.4 Å². The van der Waals surface area contributed by atoms with E-state index in [0.29, 0.717) is 17.9 Å². The number of carbonyl (C=O) groups excluding carboxylic acids is 2. The summed E-state index contributed by atoms with van der Waals surface area (Å²) in [5.74, 6) is 0.425. The van der Waals surface area contributed by atoms with E-state index in [-0.39, 0.29) is 23.6 Å². The molecule has 1 aliphatic heterocycles. The topological polar surface area (TPSA) is 117 Å². The van der Waals surface area contributed by atoms with Gasteiger partial charge >= 0.3 is 5.97 Å². The van der Waals surface area contributed by atoms with Gasteiger partial charge in [-0.1, -0.05) is 38.1 Å². The summed E-state index contributed by atoms with van der Waals surface area (Å²) in [6.45, 7) is 6.84. The molecule has 2 aromatic rings. The summed E-state index contributed by atoms with van der Waals surface area (Å²) < 4.78 is 5.84. The molecule has 1 aromatic heterocycles. The molecule has 0 unspecified atom stereocenters. The first-order chi connectivity index (χ1) is 18.9. The molecular formula is C30H43N5O4. The first kappa shape index (κ1) is 29.0. The Bertz CT molecular complexity index is 1050. The molecule has 0 spiro atoms. The highest BCUT2D eigenvalue weighted by Crippen LogP contribution is 2.26. The van der Waals surface area contributed by atoms with Crippen LogP contribution >= 0.6 is 0 Å². The normalized spacial score (nSPS) is 17.4. The van der Waals surface area contributed by atoms with E-state index >= 15 is 0 Å². The maximum atomic E-state index is 12.8. The van der Waals surface area contributed by atoms with Crippen LogP contribution in [0.5, 0.6) is 0 Å². The second-order valence-corrected chi connectivity index (χ2v) is 11.4. The van der Waals surface area contributed by atoms with Gasteiger partial charge in [-0.3, -0.25) is 14.8 Å². The molecule has 39 heavy (non-hydrogen) atoms. The second-order valence-electron chi connectivity index (χ2n) is 11.4. The summed E-state index contributed by atoms with van der Waals surface area (Å²) >= 11 is 0. The third kappa shape index (κ3) is 8.73. The molecule has 9 heteroatoms. The average molecular weight is 538 g/mol. The van der Waals surface area contributed by atoms with Crippen molar-refractivity contribution in [3.05, 3.63) is 53.3 Å². The van der Waals surface area contributed by atoms with Crippen LogP contribution in [0.1, 0.15) is 86.7 Å². The quantitative estimate of drug-likeness (QED) is 0.207. The van der Waals surface area contributed by atoms with Crippen LogP contribution in [0.4, 0.5) is 5.95 Å². The summed E-state index contributed by atoms with van der Waals surface area (Å²) in [6, 6.07) is 9.16. The van der Waals surface area contributed by atoms with Gasteiger partial charge in [0.15, 0.2) is 0 Å². The zero-order valence-electron chi connectivity index (χ0n) is 23.3. The lowest BCUT2D eigenvalue weighted by Gasteiger charge is -2.32. The fourth-order valence-electron chi connectivity index (χ4n) is 5.54. The van der Waals surface area contributed by atoms with Crippen molar-refractivity contribution in [3.8, 4) is 0 Å². The Hall–Kier alpha value is -3.04. The minimum absolute atomic E-state index is 0.000133. The van der Waals surface area contributed by atoms with E-state index in [4.69, 9.17) is 9.94 Å². The average Bonchev–Trinajstić information content (AvgIpc) is 3.47. The van der Waals surface area contributed by atoms with Gasteiger partial charge in [-0.2, -0.15) is 0 Å². The highest BCUT2D eigenvalue weighted by Gasteiger charge is 2.26. The van der Waals surface area contributed by atoms with Crippen LogP contribution in [0, 0.1) is 11.8 Å². The maximum Gasteiger partial charge on any atom is 0.309 e. The number of hydrogen-bond acceptors (Lipinski definition) is 8. The minimum Gasteiger partial charge on any atom is -0.462 e. The molecule has 3 N–H and O–H groups in total. The molecule has 2 aliphatic rings. The summed E-state index contributed by atoms with van der Waals surface area (Å²) in [6.07, 6.45) is 11.9. The smallest absolute Gasteiger partial charge is 0.309 e. The van der Waals surface area contributed by atoms with E-state index in [1.807, 2.05) is 0 Å². The number of nitrogens with zero attached hydrogens (tertiary/aromatic N) is 3. The number of nitrogens with one attached hydrogen (secondary N) is 2. The SMILES string of the molecule is CC(C)C[C@H](CCc1ccc(CNC2CCN(c3ncc(C(=O)NO)cn3)CC2)cc1)C(=O)OC1CCCC1. The molecule has 212 valence electrons. The number of benzene rings is 1. The molecule has 1 saturated carbocycles. The summed E-state index contributed by atoms with van der Waals surface area (Å²) in [7, 11) is 0. The Morgan fingerprint density at radius 1 is 1.03 bits per heavy atom. The van der Waals surface area contributed by atoms with Crippen LogP contribution < -0.4 is 15.7 Å². The first-order valence-electron chi connectivity index (χ1n) is 14.4. The molecule has 1 amide bonds. The van der Waals surface area contributed by atoms with Crippen molar-refractivity contribution < 1.29 is 19.5 Å². The van der Waals surface area contributed by atoms with E-state index in [1.54, 1.807) is 5.48 Å². The number of aryl methyl sites for hydroxylation is 1. The van der Waals surface area contributed by atoms with E-state index in [2.05, 4.69) is 58.3 Å². The van der Waals surface area contributed by atoms with Crippen LogP contribution in [0.25, 0.3) is 0 Å². The van der Waals surface area contributed by atoms with Gasteiger partial charge in [0.05, 0.1) is 11.5 Å². The molecule has 1 aliphatic carbocycles. The Morgan fingerprint density at radius 3 is 2.28 bits per heavy atom. The second kappa shape index (κ2) is 14.4. The number of piperidine rings is 1. The zero-order chi connectivity index (χ0) is 27.6. The number of rotatable bonds is 12. The van der Waals surface area contributed by atoms with Gasteiger partial charge in [-0.25, -0.2) is 15.4 Å². The standard InChI is InChI=1S/C30H43N5O4/c1-21(2)17-24(29(37)39-27-5-3-4-6-27)12-11-22-7-9-23(10-8-22)18-31-26-13-15-35(16-14-26)30-32-19-25(20-33-30)28(36)34-38/h7-10,19-21,24,26-27,31,38H,3-6,11-18H2,1-2H3,(H,34,36)/t24-/m0/s1. The van der Waals surface area contributed by atoms with Gasteiger partial charge in [0, 0.05) is 38.1 Å². The molecule has 1 atom stereocenters. The molecule has 4 rings (SSSR count). The van der Waals surface area contributed by atoms with E-state index in [0.717, 1.165) is 64.6 Å². The third-order valence-corrected chi connectivity index (χ3v) is 7.85. The fraction of sp³-hybridized carbons (Fsp3) is 0.600. The predicted octanol–water partition coefficient (Wildman–Crippen LogP) is 4.43. The number of hydrogen-bond donors (Lipinski definition) is 3. The highest BCUT2D eigenvalue weighted by molar-refractivity contribution is 5.92. The van der Waals surface area contributed by atoms with Crippen molar-refractivity contribution in [3.63, 3.8) is 0 Å². The number of amides is 1. The van der Waals surface area contributed by atoms with Crippen molar-refractivity contribution >= 4 is 17.8 Å². The van der Waals surface area contributed by atoms with Gasteiger partial charge in [-0.05, 0) is 74.8 Å². The van der Waals surface area contributed by atoms with Crippen molar-refractivity contribution in [2.45, 2.75) is 90.3 Å². The molecule has 1 saturated heterocycles. The molecule has 1 aromatic carbocycles. The van der Waals surface area contributed by atoms with Gasteiger partial charge in [0.25, 0.3) is 5.91 Å². The lowest BCUT2D eigenvalue weighted by molar-refractivity contribution is -0.154. The van der Waals surface area contributed by atoms with Crippen molar-refractivity contribution in [1.29, 1.82) is 0 Å². The number of ether oxygens (including phenoxy) is 1. The fourth-order valence-corrected chi connectivity index (χ4v) is 5.54.